The number of ether oxygens (including phenoxy) is 1. The van der Waals surface area contributed by atoms with Gasteiger partial charge in [-0.2, -0.15) is 5.10 Å². The van der Waals surface area contributed by atoms with Gasteiger partial charge >= 0.3 is 5.97 Å². The van der Waals surface area contributed by atoms with Crippen molar-refractivity contribution >= 4 is 28.6 Å². The van der Waals surface area contributed by atoms with Crippen molar-refractivity contribution in [1.29, 1.82) is 0 Å². The Morgan fingerprint density at radius 1 is 1.71 bits per heavy atom. The van der Waals surface area contributed by atoms with Gasteiger partial charge in [-0.3, -0.25) is 4.68 Å². The minimum atomic E-state index is -0.351. The van der Waals surface area contributed by atoms with Crippen molar-refractivity contribution in [2.24, 2.45) is 0 Å². The molecule has 0 atom stereocenters. The van der Waals surface area contributed by atoms with Crippen LogP contribution in [0.1, 0.15) is 37.3 Å². The molecule has 1 rings (SSSR count). The van der Waals surface area contributed by atoms with Gasteiger partial charge in [-0.1, -0.05) is 0 Å². The highest BCUT2D eigenvalue weighted by Crippen LogP contribution is 2.14. The van der Waals surface area contributed by atoms with Crippen molar-refractivity contribution in [3.8, 4) is 0 Å². The summed E-state index contributed by atoms with van der Waals surface area (Å²) >= 11 is 2.09. The summed E-state index contributed by atoms with van der Waals surface area (Å²) in [6, 6.07) is 0.256. The third-order valence-electron chi connectivity index (χ3n) is 1.69. The molecule has 1 aromatic heterocycles. The maximum Gasteiger partial charge on any atom is 0.359 e. The molecule has 0 aliphatic heterocycles. The zero-order valence-electron chi connectivity index (χ0n) is 8.45. The number of hydrogen-bond donors (Lipinski definition) is 0. The van der Waals surface area contributed by atoms with Crippen molar-refractivity contribution in [3.63, 3.8) is 0 Å². The van der Waals surface area contributed by atoms with E-state index < -0.39 is 0 Å². The molecule has 0 bridgehead atoms. The van der Waals surface area contributed by atoms with E-state index in [4.69, 9.17) is 4.74 Å². The number of nitrogens with zero attached hydrogens (tertiary/aromatic N) is 2. The summed E-state index contributed by atoms with van der Waals surface area (Å²) in [7, 11) is 0. The van der Waals surface area contributed by atoms with Gasteiger partial charge in [-0.05, 0) is 43.4 Å². The van der Waals surface area contributed by atoms with Crippen LogP contribution in [0.2, 0.25) is 0 Å². The Morgan fingerprint density at radius 3 is 2.79 bits per heavy atom. The van der Waals surface area contributed by atoms with E-state index in [0.717, 1.165) is 3.57 Å². The van der Waals surface area contributed by atoms with Crippen molar-refractivity contribution < 1.29 is 9.53 Å². The molecule has 0 N–H and O–H groups in total. The van der Waals surface area contributed by atoms with Crippen LogP contribution in [0.15, 0.2) is 6.20 Å². The molecule has 1 heterocycles. The average molecular weight is 308 g/mol. The molecule has 0 aliphatic carbocycles. The normalized spacial score (nSPS) is 10.6. The first-order valence-electron chi connectivity index (χ1n) is 4.48. The van der Waals surface area contributed by atoms with E-state index in [-0.39, 0.29) is 12.0 Å². The van der Waals surface area contributed by atoms with Gasteiger partial charge in [-0.25, -0.2) is 4.79 Å². The van der Waals surface area contributed by atoms with Crippen LogP contribution < -0.4 is 0 Å². The standard InChI is InChI=1S/C9H13IN2O2/c1-4-14-9(13)8-7(10)5-12(11-8)6(2)3/h5-6H,4H2,1-3H3. The Bertz CT molecular complexity index is 334. The van der Waals surface area contributed by atoms with Gasteiger partial charge in [0.05, 0.1) is 10.2 Å². The zero-order chi connectivity index (χ0) is 10.7. The van der Waals surface area contributed by atoms with E-state index >= 15 is 0 Å². The number of carbonyl (C=O) groups excluding carboxylic acids is 1. The summed E-state index contributed by atoms with van der Waals surface area (Å²) < 4.78 is 7.47. The van der Waals surface area contributed by atoms with Crippen LogP contribution in [0, 0.1) is 3.57 Å². The number of carbonyl (C=O) groups is 1. The van der Waals surface area contributed by atoms with Crippen LogP contribution in [0.3, 0.4) is 0 Å². The first-order valence-corrected chi connectivity index (χ1v) is 5.56. The van der Waals surface area contributed by atoms with Crippen molar-refractivity contribution in [2.75, 3.05) is 6.61 Å². The number of esters is 1. The number of aromatic nitrogens is 2. The quantitative estimate of drug-likeness (QED) is 0.635. The molecule has 0 radical (unpaired) electrons. The van der Waals surface area contributed by atoms with Gasteiger partial charge in [0.1, 0.15) is 0 Å². The van der Waals surface area contributed by atoms with Crippen LogP contribution in [-0.4, -0.2) is 22.4 Å². The van der Waals surface area contributed by atoms with E-state index in [1.807, 2.05) is 20.0 Å². The predicted octanol–water partition coefficient (Wildman–Crippen LogP) is 2.25. The fourth-order valence-corrected chi connectivity index (χ4v) is 1.59. The lowest BCUT2D eigenvalue weighted by Crippen LogP contribution is -2.09. The molecule has 4 nitrogen and oxygen atoms in total. The minimum absolute atomic E-state index is 0.256. The van der Waals surface area contributed by atoms with Crippen molar-refractivity contribution in [3.05, 3.63) is 15.5 Å². The molecule has 0 saturated heterocycles. The Hall–Kier alpha value is -0.590. The zero-order valence-corrected chi connectivity index (χ0v) is 10.6. The van der Waals surface area contributed by atoms with Gasteiger partial charge in [0.15, 0.2) is 5.69 Å². The third-order valence-corrected chi connectivity index (χ3v) is 2.47. The highest BCUT2D eigenvalue weighted by molar-refractivity contribution is 14.1. The second-order valence-corrected chi connectivity index (χ2v) is 4.28. The SMILES string of the molecule is CCOC(=O)c1nn(C(C)C)cc1I. The summed E-state index contributed by atoms with van der Waals surface area (Å²) in [5.41, 5.74) is 0.404. The number of hydrogen-bond acceptors (Lipinski definition) is 3. The maximum atomic E-state index is 11.4. The monoisotopic (exact) mass is 308 g/mol. The largest absolute Gasteiger partial charge is 0.461 e. The molecular weight excluding hydrogens is 295 g/mol. The Kier molecular flexibility index (Phi) is 3.91. The third kappa shape index (κ3) is 2.46. The molecule has 0 aromatic carbocycles. The maximum absolute atomic E-state index is 11.4. The highest BCUT2D eigenvalue weighted by Gasteiger charge is 2.16. The summed E-state index contributed by atoms with van der Waals surface area (Å²) in [5, 5.41) is 4.16. The summed E-state index contributed by atoms with van der Waals surface area (Å²) in [5.74, 6) is -0.351. The van der Waals surface area contributed by atoms with Gasteiger partial charge in [-0.15, -0.1) is 0 Å². The molecule has 0 saturated carbocycles. The summed E-state index contributed by atoms with van der Waals surface area (Å²) in [6.45, 7) is 6.18. The average Bonchev–Trinajstić information content (AvgIpc) is 2.48. The van der Waals surface area contributed by atoms with Crippen LogP contribution in [-0.2, 0) is 4.74 Å². The van der Waals surface area contributed by atoms with Crippen molar-refractivity contribution in [2.45, 2.75) is 26.8 Å². The van der Waals surface area contributed by atoms with Gasteiger partial charge in [0.2, 0.25) is 0 Å². The van der Waals surface area contributed by atoms with E-state index in [9.17, 15) is 4.79 Å². The Morgan fingerprint density at radius 2 is 2.36 bits per heavy atom. The minimum Gasteiger partial charge on any atom is -0.461 e. The first kappa shape index (κ1) is 11.5. The number of halogens is 1. The predicted molar refractivity (Wildman–Crippen MR) is 61.3 cm³/mol. The summed E-state index contributed by atoms with van der Waals surface area (Å²) in [6.07, 6.45) is 1.84. The molecule has 14 heavy (non-hydrogen) atoms. The summed E-state index contributed by atoms with van der Waals surface area (Å²) in [4.78, 5) is 11.4. The van der Waals surface area contributed by atoms with Crippen LogP contribution in [0.5, 0.6) is 0 Å². The smallest absolute Gasteiger partial charge is 0.359 e. The second kappa shape index (κ2) is 4.77. The van der Waals surface area contributed by atoms with Gasteiger partial charge in [0, 0.05) is 12.2 Å². The number of rotatable bonds is 3. The van der Waals surface area contributed by atoms with E-state index in [0.29, 0.717) is 12.3 Å². The molecular formula is C9H13IN2O2. The van der Waals surface area contributed by atoms with E-state index in [1.54, 1.807) is 11.6 Å². The fraction of sp³-hybridized carbons (Fsp3) is 0.556. The fourth-order valence-electron chi connectivity index (χ4n) is 0.972. The Labute approximate surface area is 96.8 Å². The molecule has 1 aromatic rings. The molecule has 0 fully saturated rings. The lowest BCUT2D eigenvalue weighted by molar-refractivity contribution is 0.0517. The molecule has 0 unspecified atom stereocenters. The van der Waals surface area contributed by atoms with E-state index in [1.165, 1.54) is 0 Å². The molecule has 5 heteroatoms. The van der Waals surface area contributed by atoms with Crippen LogP contribution in [0.25, 0.3) is 0 Å². The van der Waals surface area contributed by atoms with Crippen molar-refractivity contribution in [1.82, 2.24) is 9.78 Å². The molecule has 0 amide bonds. The Balaban J connectivity index is 2.92. The lowest BCUT2D eigenvalue weighted by Gasteiger charge is -2.03. The highest BCUT2D eigenvalue weighted by atomic mass is 127. The molecule has 78 valence electrons. The first-order chi connectivity index (χ1) is 6.56. The van der Waals surface area contributed by atoms with E-state index in [2.05, 4.69) is 27.7 Å². The van der Waals surface area contributed by atoms with Crippen LogP contribution in [0.4, 0.5) is 0 Å². The molecule has 0 spiro atoms. The van der Waals surface area contributed by atoms with Gasteiger partial charge < -0.3 is 4.74 Å². The molecule has 0 aliphatic rings. The lowest BCUT2D eigenvalue weighted by atomic mass is 10.4. The second-order valence-electron chi connectivity index (χ2n) is 3.12. The van der Waals surface area contributed by atoms with Crippen LogP contribution >= 0.6 is 22.6 Å². The van der Waals surface area contributed by atoms with Gasteiger partial charge in [0.25, 0.3) is 0 Å². The topological polar surface area (TPSA) is 44.1 Å².